The third-order valence-corrected chi connectivity index (χ3v) is 2.23. The molecule has 2 nitrogen and oxygen atoms in total. The number of carboxylic acids is 1. The second-order valence-corrected chi connectivity index (χ2v) is 3.77. The smallest absolute Gasteiger partial charge is 0.335 e. The van der Waals surface area contributed by atoms with E-state index < -0.39 is 10.8 Å². The Kier molecular flexibility index (Phi) is 3.17. The van der Waals surface area contributed by atoms with E-state index in [1.807, 2.05) is 6.92 Å². The molecule has 0 fully saturated rings. The fourth-order valence-corrected chi connectivity index (χ4v) is 1.48. The Hall–Kier alpha value is -0.730. The van der Waals surface area contributed by atoms with Gasteiger partial charge in [0.2, 0.25) is 0 Å². The largest absolute Gasteiger partial charge is 0.478 e. The fourth-order valence-electron chi connectivity index (χ4n) is 1.01. The van der Waals surface area contributed by atoms with E-state index in [9.17, 15) is 4.79 Å². The Morgan fingerprint density at radius 1 is 1.46 bits per heavy atom. The molecule has 0 aliphatic rings. The Morgan fingerprint density at radius 2 is 2.08 bits per heavy atom. The Labute approximate surface area is 86.1 Å². The van der Waals surface area contributed by atoms with Crippen LogP contribution in [0.3, 0.4) is 0 Å². The third kappa shape index (κ3) is 2.36. The Morgan fingerprint density at radius 3 is 2.54 bits per heavy atom. The first-order valence-electron chi connectivity index (χ1n) is 3.64. The van der Waals surface area contributed by atoms with E-state index in [2.05, 4.69) is 0 Å². The van der Waals surface area contributed by atoms with Gasteiger partial charge in [0.1, 0.15) is 4.84 Å². The highest BCUT2D eigenvalue weighted by Crippen LogP contribution is 2.28. The molecule has 0 atom stereocenters. The van der Waals surface area contributed by atoms with Gasteiger partial charge < -0.3 is 5.11 Å². The van der Waals surface area contributed by atoms with Gasteiger partial charge in [0.05, 0.1) is 5.56 Å². The number of benzene rings is 1. The van der Waals surface area contributed by atoms with Crippen molar-refractivity contribution >= 4 is 29.2 Å². The van der Waals surface area contributed by atoms with Crippen molar-refractivity contribution in [3.05, 3.63) is 34.9 Å². The zero-order chi connectivity index (χ0) is 10.0. The lowest BCUT2D eigenvalue weighted by atomic mass is 10.1. The normalized spacial score (nSPS) is 10.5. The van der Waals surface area contributed by atoms with Gasteiger partial charge in [0, 0.05) is 0 Å². The summed E-state index contributed by atoms with van der Waals surface area (Å²) >= 11 is 11.3. The number of aromatic carboxylic acids is 1. The molecule has 1 rings (SSSR count). The SMILES string of the molecule is Cc1ccc(C(=O)O)cc1C(Cl)Cl. The molecule has 0 aromatic heterocycles. The van der Waals surface area contributed by atoms with E-state index in [1.54, 1.807) is 6.07 Å². The number of aryl methyl sites for hydroxylation is 1. The molecule has 0 amide bonds. The molecule has 0 aliphatic heterocycles. The zero-order valence-electron chi connectivity index (χ0n) is 6.92. The summed E-state index contributed by atoms with van der Waals surface area (Å²) in [4.78, 5) is 9.92. The number of hydrogen-bond acceptors (Lipinski definition) is 1. The van der Waals surface area contributed by atoms with Crippen molar-refractivity contribution in [2.45, 2.75) is 11.8 Å². The molecular formula is C9H8Cl2O2. The van der Waals surface area contributed by atoms with Crippen LogP contribution < -0.4 is 0 Å². The van der Waals surface area contributed by atoms with Crippen LogP contribution in [0.15, 0.2) is 18.2 Å². The predicted molar refractivity (Wildman–Crippen MR) is 52.6 cm³/mol. The molecule has 1 N–H and O–H groups in total. The summed E-state index contributed by atoms with van der Waals surface area (Å²) in [5, 5.41) is 8.70. The van der Waals surface area contributed by atoms with Crippen molar-refractivity contribution in [1.82, 2.24) is 0 Å². The van der Waals surface area contributed by atoms with Crippen LogP contribution in [0.2, 0.25) is 0 Å². The number of carboxylic acid groups (broad SMARTS) is 1. The molecule has 0 heterocycles. The highest BCUT2D eigenvalue weighted by molar-refractivity contribution is 6.44. The average molecular weight is 219 g/mol. The van der Waals surface area contributed by atoms with Crippen LogP contribution in [0, 0.1) is 6.92 Å². The summed E-state index contributed by atoms with van der Waals surface area (Å²) in [7, 11) is 0. The first-order valence-corrected chi connectivity index (χ1v) is 4.51. The number of hydrogen-bond donors (Lipinski definition) is 1. The molecule has 4 heteroatoms. The van der Waals surface area contributed by atoms with Gasteiger partial charge in [-0.25, -0.2) is 4.79 Å². The summed E-state index contributed by atoms with van der Waals surface area (Å²) in [6.07, 6.45) is 0. The van der Waals surface area contributed by atoms with Crippen LogP contribution >= 0.6 is 23.2 Å². The molecule has 70 valence electrons. The number of halogens is 2. The standard InChI is InChI=1S/C9H8Cl2O2/c1-5-2-3-6(9(12)13)4-7(5)8(10)11/h2-4,8H,1H3,(H,12,13). The summed E-state index contributed by atoms with van der Waals surface area (Å²) in [5.41, 5.74) is 1.73. The van der Waals surface area contributed by atoms with E-state index in [4.69, 9.17) is 28.3 Å². The molecule has 1 aromatic rings. The predicted octanol–water partition coefficient (Wildman–Crippen LogP) is 3.17. The number of rotatable bonds is 2. The quantitative estimate of drug-likeness (QED) is 0.775. The number of carbonyl (C=O) groups is 1. The van der Waals surface area contributed by atoms with E-state index in [0.29, 0.717) is 5.56 Å². The first-order chi connectivity index (χ1) is 6.02. The van der Waals surface area contributed by atoms with Crippen molar-refractivity contribution in [2.75, 3.05) is 0 Å². The van der Waals surface area contributed by atoms with Crippen molar-refractivity contribution in [3.8, 4) is 0 Å². The lowest BCUT2D eigenvalue weighted by molar-refractivity contribution is 0.0697. The molecule has 0 spiro atoms. The van der Waals surface area contributed by atoms with E-state index in [1.165, 1.54) is 12.1 Å². The molecule has 0 saturated carbocycles. The third-order valence-electron chi connectivity index (χ3n) is 1.76. The molecular weight excluding hydrogens is 211 g/mol. The van der Waals surface area contributed by atoms with Crippen molar-refractivity contribution in [1.29, 1.82) is 0 Å². The van der Waals surface area contributed by atoms with Crippen LogP contribution in [-0.2, 0) is 0 Å². The van der Waals surface area contributed by atoms with Gasteiger partial charge in [-0.2, -0.15) is 0 Å². The van der Waals surface area contributed by atoms with Gasteiger partial charge in [-0.05, 0) is 30.2 Å². The molecule has 1 aromatic carbocycles. The fraction of sp³-hybridized carbons (Fsp3) is 0.222. The van der Waals surface area contributed by atoms with Gasteiger partial charge in [-0.15, -0.1) is 23.2 Å². The van der Waals surface area contributed by atoms with Crippen molar-refractivity contribution in [3.63, 3.8) is 0 Å². The summed E-state index contributed by atoms with van der Waals surface area (Å²) in [6, 6.07) is 4.70. The Bertz CT molecular complexity index is 334. The highest BCUT2D eigenvalue weighted by Gasteiger charge is 2.10. The van der Waals surface area contributed by atoms with Gasteiger partial charge in [0.25, 0.3) is 0 Å². The molecule has 0 saturated heterocycles. The molecule has 0 radical (unpaired) electrons. The van der Waals surface area contributed by atoms with Gasteiger partial charge in [-0.1, -0.05) is 6.07 Å². The highest BCUT2D eigenvalue weighted by atomic mass is 35.5. The average Bonchev–Trinajstić information content (AvgIpc) is 2.04. The number of alkyl halides is 2. The van der Waals surface area contributed by atoms with Crippen LogP contribution in [0.5, 0.6) is 0 Å². The summed E-state index contributed by atoms with van der Waals surface area (Å²) < 4.78 is 0. The van der Waals surface area contributed by atoms with Crippen molar-refractivity contribution in [2.24, 2.45) is 0 Å². The van der Waals surface area contributed by atoms with Crippen LogP contribution in [-0.4, -0.2) is 11.1 Å². The van der Waals surface area contributed by atoms with Crippen molar-refractivity contribution < 1.29 is 9.90 Å². The van der Waals surface area contributed by atoms with E-state index in [0.717, 1.165) is 5.56 Å². The first kappa shape index (κ1) is 10.4. The molecule has 13 heavy (non-hydrogen) atoms. The molecule has 0 bridgehead atoms. The second-order valence-electron chi connectivity index (χ2n) is 2.68. The second kappa shape index (κ2) is 3.99. The zero-order valence-corrected chi connectivity index (χ0v) is 8.43. The Balaban J connectivity index is 3.19. The van der Waals surface area contributed by atoms with E-state index >= 15 is 0 Å². The maximum absolute atomic E-state index is 10.6. The van der Waals surface area contributed by atoms with Crippen LogP contribution in [0.4, 0.5) is 0 Å². The van der Waals surface area contributed by atoms with Gasteiger partial charge in [-0.3, -0.25) is 0 Å². The van der Waals surface area contributed by atoms with Gasteiger partial charge >= 0.3 is 5.97 Å². The lowest BCUT2D eigenvalue weighted by Crippen LogP contribution is -1.98. The minimum absolute atomic E-state index is 0.201. The minimum atomic E-state index is -0.977. The summed E-state index contributed by atoms with van der Waals surface area (Å²) in [5.74, 6) is -0.977. The molecule has 0 aliphatic carbocycles. The van der Waals surface area contributed by atoms with E-state index in [-0.39, 0.29) is 5.56 Å². The monoisotopic (exact) mass is 218 g/mol. The maximum atomic E-state index is 10.6. The topological polar surface area (TPSA) is 37.3 Å². The van der Waals surface area contributed by atoms with Gasteiger partial charge in [0.15, 0.2) is 0 Å². The minimum Gasteiger partial charge on any atom is -0.478 e. The lowest BCUT2D eigenvalue weighted by Gasteiger charge is -2.06. The summed E-state index contributed by atoms with van der Waals surface area (Å²) in [6.45, 7) is 1.83. The maximum Gasteiger partial charge on any atom is 0.335 e. The molecule has 0 unspecified atom stereocenters. The van der Waals surface area contributed by atoms with Crippen LogP contribution in [0.1, 0.15) is 26.3 Å². The van der Waals surface area contributed by atoms with Crippen LogP contribution in [0.25, 0.3) is 0 Å².